The average Bonchev–Trinajstić information content (AvgIpc) is 3.34. The first-order valence-electron chi connectivity index (χ1n) is 11.2. The Hall–Kier alpha value is -2.87. The summed E-state index contributed by atoms with van der Waals surface area (Å²) in [5.74, 6) is -0.414. The molecule has 0 saturated heterocycles. The minimum Gasteiger partial charge on any atom is -0.467 e. The molecule has 2 amide bonds. The molecule has 3 aromatic rings. The second-order valence-electron chi connectivity index (χ2n) is 7.89. The van der Waals surface area contributed by atoms with Crippen LogP contribution in [0, 0.1) is 5.82 Å². The summed E-state index contributed by atoms with van der Waals surface area (Å²) in [7, 11) is 0. The predicted octanol–water partition coefficient (Wildman–Crippen LogP) is 5.82. The minimum absolute atomic E-state index is 0.170. The minimum atomic E-state index is -0.362. The van der Waals surface area contributed by atoms with Gasteiger partial charge in [0.2, 0.25) is 5.91 Å². The van der Waals surface area contributed by atoms with Gasteiger partial charge in [-0.05, 0) is 61.4 Å². The number of hydrogen-bond donors (Lipinski definition) is 0. The Bertz CT molecular complexity index is 1090. The molecule has 6 nitrogen and oxygen atoms in total. The number of nitrogens with zero attached hydrogens (tertiary/aromatic N) is 2. The van der Waals surface area contributed by atoms with Crippen molar-refractivity contribution in [3.8, 4) is 0 Å². The van der Waals surface area contributed by atoms with Crippen LogP contribution >= 0.6 is 23.2 Å². The Morgan fingerprint density at radius 2 is 1.71 bits per heavy atom. The second-order valence-corrected chi connectivity index (χ2v) is 8.76. The first-order valence-corrected chi connectivity index (χ1v) is 12.0. The van der Waals surface area contributed by atoms with Crippen molar-refractivity contribution in [2.75, 3.05) is 26.3 Å². The van der Waals surface area contributed by atoms with Crippen LogP contribution in [0.3, 0.4) is 0 Å². The second kappa shape index (κ2) is 13.3. The van der Waals surface area contributed by atoms with Gasteiger partial charge in [0.15, 0.2) is 0 Å². The quantitative estimate of drug-likeness (QED) is 0.282. The van der Waals surface area contributed by atoms with Crippen LogP contribution in [0.15, 0.2) is 65.3 Å². The summed E-state index contributed by atoms with van der Waals surface area (Å²) in [6.07, 6.45) is 2.08. The van der Waals surface area contributed by atoms with Crippen LogP contribution in [0.2, 0.25) is 10.0 Å². The van der Waals surface area contributed by atoms with E-state index < -0.39 is 0 Å². The van der Waals surface area contributed by atoms with E-state index in [1.165, 1.54) is 41.5 Å². The molecule has 0 radical (unpaired) electrons. The van der Waals surface area contributed by atoms with Gasteiger partial charge in [-0.15, -0.1) is 0 Å². The number of ether oxygens (including phenoxy) is 1. The SMILES string of the molecule is CCOCCCN(CC(=O)N(Cc1ccc(F)cc1)Cc1ccco1)C(=O)c1cc(Cl)cc(Cl)c1. The molecule has 0 spiro atoms. The number of amides is 2. The van der Waals surface area contributed by atoms with Crippen molar-refractivity contribution in [2.45, 2.75) is 26.4 Å². The number of rotatable bonds is 12. The molecule has 0 aliphatic rings. The Balaban J connectivity index is 1.81. The molecule has 9 heteroatoms. The Kier molecular flexibility index (Phi) is 10.1. The molecular weight excluding hydrogens is 494 g/mol. The third kappa shape index (κ3) is 8.38. The molecule has 1 heterocycles. The van der Waals surface area contributed by atoms with E-state index >= 15 is 0 Å². The molecule has 35 heavy (non-hydrogen) atoms. The number of hydrogen-bond acceptors (Lipinski definition) is 4. The molecule has 0 saturated carbocycles. The normalized spacial score (nSPS) is 10.9. The van der Waals surface area contributed by atoms with Crippen LogP contribution in [0.1, 0.15) is 35.0 Å². The van der Waals surface area contributed by atoms with Crippen molar-refractivity contribution in [3.05, 3.63) is 93.6 Å². The summed E-state index contributed by atoms with van der Waals surface area (Å²) in [6, 6.07) is 14.0. The average molecular weight is 521 g/mol. The highest BCUT2D eigenvalue weighted by atomic mass is 35.5. The fourth-order valence-corrected chi connectivity index (χ4v) is 4.04. The highest BCUT2D eigenvalue weighted by molar-refractivity contribution is 6.35. The van der Waals surface area contributed by atoms with Crippen LogP contribution in [0.5, 0.6) is 0 Å². The molecule has 0 aliphatic carbocycles. The third-order valence-electron chi connectivity index (χ3n) is 5.21. The van der Waals surface area contributed by atoms with E-state index in [4.69, 9.17) is 32.4 Å². The van der Waals surface area contributed by atoms with Crippen LogP contribution < -0.4 is 0 Å². The lowest BCUT2D eigenvalue weighted by Crippen LogP contribution is -2.43. The van der Waals surface area contributed by atoms with Gasteiger partial charge in [-0.2, -0.15) is 0 Å². The smallest absolute Gasteiger partial charge is 0.254 e. The zero-order valence-electron chi connectivity index (χ0n) is 19.4. The number of halogens is 3. The van der Waals surface area contributed by atoms with Gasteiger partial charge < -0.3 is 19.0 Å². The maximum Gasteiger partial charge on any atom is 0.254 e. The highest BCUT2D eigenvalue weighted by Gasteiger charge is 2.24. The summed E-state index contributed by atoms with van der Waals surface area (Å²) in [5, 5.41) is 0.661. The van der Waals surface area contributed by atoms with Crippen molar-refractivity contribution >= 4 is 35.0 Å². The van der Waals surface area contributed by atoms with E-state index in [1.807, 2.05) is 6.92 Å². The van der Waals surface area contributed by atoms with Crippen molar-refractivity contribution in [2.24, 2.45) is 0 Å². The predicted molar refractivity (Wildman–Crippen MR) is 133 cm³/mol. The lowest BCUT2D eigenvalue weighted by atomic mass is 10.1. The molecule has 0 fully saturated rings. The fourth-order valence-electron chi connectivity index (χ4n) is 3.51. The van der Waals surface area contributed by atoms with Gasteiger partial charge in [0.05, 0.1) is 12.8 Å². The molecule has 186 valence electrons. The Morgan fingerprint density at radius 3 is 2.34 bits per heavy atom. The summed E-state index contributed by atoms with van der Waals surface area (Å²) in [6.45, 7) is 3.47. The monoisotopic (exact) mass is 520 g/mol. The van der Waals surface area contributed by atoms with Crippen molar-refractivity contribution in [1.29, 1.82) is 0 Å². The topological polar surface area (TPSA) is 63.0 Å². The molecule has 0 atom stereocenters. The first kappa shape index (κ1) is 26.7. The highest BCUT2D eigenvalue weighted by Crippen LogP contribution is 2.21. The third-order valence-corrected chi connectivity index (χ3v) is 5.65. The van der Waals surface area contributed by atoms with Gasteiger partial charge >= 0.3 is 0 Å². The Morgan fingerprint density at radius 1 is 1.00 bits per heavy atom. The summed E-state index contributed by atoms with van der Waals surface area (Å²) < 4.78 is 24.2. The molecule has 2 aromatic carbocycles. The molecule has 0 aliphatic heterocycles. The van der Waals surface area contributed by atoms with E-state index in [1.54, 1.807) is 29.2 Å². The van der Waals surface area contributed by atoms with Gasteiger partial charge in [-0.25, -0.2) is 4.39 Å². The Labute approximate surface area is 214 Å². The molecular formula is C26H27Cl2FN2O4. The maximum absolute atomic E-state index is 13.4. The molecule has 3 rings (SSSR count). The lowest BCUT2D eigenvalue weighted by molar-refractivity contribution is -0.133. The van der Waals surface area contributed by atoms with Crippen molar-refractivity contribution < 1.29 is 23.1 Å². The molecule has 0 unspecified atom stereocenters. The van der Waals surface area contributed by atoms with Crippen LogP contribution in [-0.4, -0.2) is 47.9 Å². The molecule has 0 bridgehead atoms. The van der Waals surface area contributed by atoms with Gasteiger partial charge in [-0.3, -0.25) is 9.59 Å². The largest absolute Gasteiger partial charge is 0.467 e. The lowest BCUT2D eigenvalue weighted by Gasteiger charge is -2.27. The van der Waals surface area contributed by atoms with Crippen molar-refractivity contribution in [1.82, 2.24) is 9.80 Å². The van der Waals surface area contributed by atoms with Gasteiger partial charge in [0.25, 0.3) is 5.91 Å². The van der Waals surface area contributed by atoms with E-state index in [2.05, 4.69) is 0 Å². The summed E-state index contributed by atoms with van der Waals surface area (Å²) in [5.41, 5.74) is 1.05. The molecule has 1 aromatic heterocycles. The maximum atomic E-state index is 13.4. The zero-order valence-corrected chi connectivity index (χ0v) is 20.9. The fraction of sp³-hybridized carbons (Fsp3) is 0.308. The number of carbonyl (C=O) groups is 2. The van der Waals surface area contributed by atoms with E-state index in [-0.39, 0.29) is 37.3 Å². The van der Waals surface area contributed by atoms with Crippen LogP contribution in [0.4, 0.5) is 4.39 Å². The summed E-state index contributed by atoms with van der Waals surface area (Å²) >= 11 is 12.2. The number of carbonyl (C=O) groups excluding carboxylic acids is 2. The van der Waals surface area contributed by atoms with E-state index in [0.717, 1.165) is 5.56 Å². The zero-order chi connectivity index (χ0) is 25.2. The number of benzene rings is 2. The van der Waals surface area contributed by atoms with Crippen LogP contribution in [-0.2, 0) is 22.6 Å². The van der Waals surface area contributed by atoms with Gasteiger partial charge in [0.1, 0.15) is 18.1 Å². The number of furan rings is 1. The molecule has 0 N–H and O–H groups in total. The standard InChI is InChI=1S/C26H27Cl2FN2O4/c1-2-34-11-4-10-30(26(33)20-13-21(27)15-22(28)14-20)18-25(32)31(17-24-5-3-12-35-24)16-19-6-8-23(29)9-7-19/h3,5-9,12-15H,2,4,10-11,16-18H2,1H3. The van der Waals surface area contributed by atoms with E-state index in [9.17, 15) is 14.0 Å². The van der Waals surface area contributed by atoms with Crippen LogP contribution in [0.25, 0.3) is 0 Å². The van der Waals surface area contributed by atoms with Gasteiger partial charge in [0, 0.05) is 41.9 Å². The summed E-state index contributed by atoms with van der Waals surface area (Å²) in [4.78, 5) is 29.8. The van der Waals surface area contributed by atoms with Gasteiger partial charge in [-0.1, -0.05) is 35.3 Å². The van der Waals surface area contributed by atoms with Crippen molar-refractivity contribution in [3.63, 3.8) is 0 Å². The first-order chi connectivity index (χ1) is 16.9. The van der Waals surface area contributed by atoms with E-state index in [0.29, 0.717) is 47.5 Å².